The molecule has 0 bridgehead atoms. The molecule has 0 saturated carbocycles. The van der Waals surface area contributed by atoms with Crippen LogP contribution in [0.4, 0.5) is 0 Å². The summed E-state index contributed by atoms with van der Waals surface area (Å²) in [7, 11) is -1.67. The highest BCUT2D eigenvalue weighted by Crippen LogP contribution is 2.36. The minimum absolute atomic E-state index is 0.0580. The van der Waals surface area contributed by atoms with Crippen LogP contribution in [0.3, 0.4) is 0 Å². The van der Waals surface area contributed by atoms with Gasteiger partial charge in [-0.1, -0.05) is 32.6 Å². The van der Waals surface area contributed by atoms with E-state index in [4.69, 9.17) is 14.3 Å². The number of benzene rings is 1. The maximum absolute atomic E-state index is 9.01. The molecule has 0 saturated heterocycles. The minimum atomic E-state index is -1.67. The Bertz CT molecular complexity index is 797. The lowest BCUT2D eigenvalue weighted by atomic mass is 10.2. The molecule has 2 aromatic rings. The standard InChI is InChI=1S/C23H31NO3Si/c1-23(2,3)28(4,5)27-16-6-15-26-22-13-10-19(11-14-22)7-8-20-9-12-21(18-25)24-17-20/h9-14,17,25H,6,15-16,18H2,1-5H3. The van der Waals surface area contributed by atoms with Crippen molar-refractivity contribution in [3.05, 3.63) is 59.4 Å². The van der Waals surface area contributed by atoms with E-state index in [1.54, 1.807) is 12.3 Å². The monoisotopic (exact) mass is 397 g/mol. The van der Waals surface area contributed by atoms with Gasteiger partial charge in [0.1, 0.15) is 5.75 Å². The van der Waals surface area contributed by atoms with Crippen molar-refractivity contribution < 1.29 is 14.3 Å². The molecule has 0 amide bonds. The number of ether oxygens (including phenoxy) is 1. The molecule has 1 aromatic heterocycles. The van der Waals surface area contributed by atoms with E-state index < -0.39 is 8.32 Å². The molecule has 2 rings (SSSR count). The summed E-state index contributed by atoms with van der Waals surface area (Å²) in [6.07, 6.45) is 2.55. The lowest BCUT2D eigenvalue weighted by Crippen LogP contribution is -2.41. The zero-order valence-corrected chi connectivity index (χ0v) is 18.6. The minimum Gasteiger partial charge on any atom is -0.494 e. The van der Waals surface area contributed by atoms with Gasteiger partial charge in [0.2, 0.25) is 0 Å². The average molecular weight is 398 g/mol. The SMILES string of the molecule is CC(C)(C)[Si](C)(C)OCCCOc1ccc(C#Cc2ccc(CO)nc2)cc1. The number of rotatable bonds is 7. The van der Waals surface area contributed by atoms with Gasteiger partial charge in [0, 0.05) is 30.4 Å². The highest BCUT2D eigenvalue weighted by molar-refractivity contribution is 6.74. The molecule has 4 nitrogen and oxygen atoms in total. The van der Waals surface area contributed by atoms with Gasteiger partial charge in [0.15, 0.2) is 8.32 Å². The number of aromatic nitrogens is 1. The number of hydrogen-bond donors (Lipinski definition) is 1. The van der Waals surface area contributed by atoms with Crippen LogP contribution in [0.1, 0.15) is 44.0 Å². The third-order valence-corrected chi connectivity index (χ3v) is 9.56. The van der Waals surface area contributed by atoms with Gasteiger partial charge in [-0.25, -0.2) is 0 Å². The fraction of sp³-hybridized carbons (Fsp3) is 0.435. The molecule has 5 heteroatoms. The topological polar surface area (TPSA) is 51.6 Å². The molecular formula is C23H31NO3Si. The molecular weight excluding hydrogens is 366 g/mol. The van der Waals surface area contributed by atoms with Crippen molar-refractivity contribution in [2.24, 2.45) is 0 Å². The normalized spacial score (nSPS) is 11.6. The van der Waals surface area contributed by atoms with Crippen molar-refractivity contribution >= 4 is 8.32 Å². The van der Waals surface area contributed by atoms with Crippen LogP contribution in [0.15, 0.2) is 42.6 Å². The van der Waals surface area contributed by atoms with Gasteiger partial charge < -0.3 is 14.3 Å². The van der Waals surface area contributed by atoms with Crippen LogP contribution in [0.25, 0.3) is 0 Å². The third kappa shape index (κ3) is 6.79. The Morgan fingerprint density at radius 3 is 2.18 bits per heavy atom. The van der Waals surface area contributed by atoms with Crippen LogP contribution in [-0.4, -0.2) is 31.6 Å². The van der Waals surface area contributed by atoms with E-state index in [1.165, 1.54) is 0 Å². The van der Waals surface area contributed by atoms with Gasteiger partial charge >= 0.3 is 0 Å². The molecule has 0 radical (unpaired) electrons. The van der Waals surface area contributed by atoms with Gasteiger partial charge in [0.05, 0.1) is 18.9 Å². The summed E-state index contributed by atoms with van der Waals surface area (Å²) in [5.41, 5.74) is 2.38. The van der Waals surface area contributed by atoms with Gasteiger partial charge in [0.25, 0.3) is 0 Å². The summed E-state index contributed by atoms with van der Waals surface area (Å²) in [5, 5.41) is 9.24. The fourth-order valence-corrected chi connectivity index (χ4v) is 3.25. The average Bonchev–Trinajstić information content (AvgIpc) is 2.66. The van der Waals surface area contributed by atoms with E-state index in [2.05, 4.69) is 50.7 Å². The molecule has 28 heavy (non-hydrogen) atoms. The lowest BCUT2D eigenvalue weighted by Gasteiger charge is -2.36. The summed E-state index contributed by atoms with van der Waals surface area (Å²) in [6, 6.07) is 11.4. The van der Waals surface area contributed by atoms with Gasteiger partial charge in [-0.15, -0.1) is 0 Å². The zero-order chi connectivity index (χ0) is 20.6. The van der Waals surface area contributed by atoms with E-state index in [0.717, 1.165) is 29.9 Å². The summed E-state index contributed by atoms with van der Waals surface area (Å²) in [6.45, 7) is 12.6. The van der Waals surface area contributed by atoms with Crippen molar-refractivity contribution in [1.29, 1.82) is 0 Å². The molecule has 1 aromatic carbocycles. The van der Waals surface area contributed by atoms with Crippen molar-refractivity contribution in [1.82, 2.24) is 4.98 Å². The van der Waals surface area contributed by atoms with Crippen LogP contribution in [0.5, 0.6) is 5.75 Å². The maximum Gasteiger partial charge on any atom is 0.191 e. The van der Waals surface area contributed by atoms with Crippen LogP contribution in [-0.2, 0) is 11.0 Å². The van der Waals surface area contributed by atoms with E-state index in [0.29, 0.717) is 12.3 Å². The Hall–Kier alpha value is -2.13. The van der Waals surface area contributed by atoms with E-state index in [1.807, 2.05) is 30.3 Å². The first-order valence-electron chi connectivity index (χ1n) is 9.66. The fourth-order valence-electron chi connectivity index (χ4n) is 2.16. The first kappa shape index (κ1) is 22.2. The van der Waals surface area contributed by atoms with Crippen molar-refractivity contribution in [3.8, 4) is 17.6 Å². The second-order valence-corrected chi connectivity index (χ2v) is 13.1. The molecule has 150 valence electrons. The zero-order valence-electron chi connectivity index (χ0n) is 17.6. The predicted octanol–water partition coefficient (Wildman–Crippen LogP) is 4.76. The van der Waals surface area contributed by atoms with E-state index in [9.17, 15) is 0 Å². The Labute approximate surface area is 170 Å². The molecule has 0 atom stereocenters. The summed E-state index contributed by atoms with van der Waals surface area (Å²) in [5.74, 6) is 7.02. The highest BCUT2D eigenvalue weighted by atomic mass is 28.4. The van der Waals surface area contributed by atoms with E-state index in [-0.39, 0.29) is 11.6 Å². The Morgan fingerprint density at radius 1 is 0.964 bits per heavy atom. The van der Waals surface area contributed by atoms with Gasteiger partial charge in [-0.3, -0.25) is 4.98 Å². The summed E-state index contributed by atoms with van der Waals surface area (Å²) in [4.78, 5) is 4.12. The first-order valence-corrected chi connectivity index (χ1v) is 12.6. The summed E-state index contributed by atoms with van der Waals surface area (Å²) >= 11 is 0. The van der Waals surface area contributed by atoms with Gasteiger partial charge in [-0.2, -0.15) is 0 Å². The second-order valence-electron chi connectivity index (χ2n) is 8.28. The van der Waals surface area contributed by atoms with Crippen molar-refractivity contribution in [2.75, 3.05) is 13.2 Å². The van der Waals surface area contributed by atoms with Crippen LogP contribution in [0, 0.1) is 11.8 Å². The number of aliphatic hydroxyl groups is 1. The van der Waals surface area contributed by atoms with Crippen LogP contribution < -0.4 is 4.74 Å². The molecule has 0 aliphatic heterocycles. The number of hydrogen-bond acceptors (Lipinski definition) is 4. The predicted molar refractivity (Wildman–Crippen MR) is 116 cm³/mol. The highest BCUT2D eigenvalue weighted by Gasteiger charge is 2.36. The smallest absolute Gasteiger partial charge is 0.191 e. The number of pyridine rings is 1. The molecule has 0 unspecified atom stereocenters. The molecule has 0 spiro atoms. The molecule has 0 fully saturated rings. The van der Waals surface area contributed by atoms with Crippen LogP contribution in [0.2, 0.25) is 18.1 Å². The van der Waals surface area contributed by atoms with Gasteiger partial charge in [-0.05, 0) is 54.5 Å². The van der Waals surface area contributed by atoms with Crippen LogP contribution >= 0.6 is 0 Å². The lowest BCUT2D eigenvalue weighted by molar-refractivity contribution is 0.234. The second kappa shape index (κ2) is 9.88. The number of nitrogens with zero attached hydrogens (tertiary/aromatic N) is 1. The molecule has 0 aliphatic carbocycles. The first-order chi connectivity index (χ1) is 13.2. The molecule has 0 aliphatic rings. The molecule has 1 heterocycles. The quantitative estimate of drug-likeness (QED) is 0.416. The maximum atomic E-state index is 9.01. The third-order valence-electron chi connectivity index (χ3n) is 5.02. The Morgan fingerprint density at radius 2 is 1.61 bits per heavy atom. The van der Waals surface area contributed by atoms with Crippen molar-refractivity contribution in [3.63, 3.8) is 0 Å². The van der Waals surface area contributed by atoms with Crippen molar-refractivity contribution in [2.45, 2.75) is 51.9 Å². The largest absolute Gasteiger partial charge is 0.494 e. The van der Waals surface area contributed by atoms with E-state index >= 15 is 0 Å². The Balaban J connectivity index is 1.78. The number of aliphatic hydroxyl groups excluding tert-OH is 1. The molecule has 1 N–H and O–H groups in total. The summed E-state index contributed by atoms with van der Waals surface area (Å²) < 4.78 is 12.0. The Kier molecular flexibility index (Phi) is 7.82.